The molecule has 2 aromatic carbocycles. The van der Waals surface area contributed by atoms with E-state index >= 15 is 0 Å². The fourth-order valence-electron chi connectivity index (χ4n) is 4.46. The minimum absolute atomic E-state index is 0.0494. The van der Waals surface area contributed by atoms with Crippen LogP contribution in [0.5, 0.6) is 6.01 Å². The van der Waals surface area contributed by atoms with Gasteiger partial charge in [0.1, 0.15) is 0 Å². The van der Waals surface area contributed by atoms with Crippen molar-refractivity contribution in [2.24, 2.45) is 0 Å². The van der Waals surface area contributed by atoms with E-state index in [0.29, 0.717) is 34.3 Å². The fraction of sp³-hybridized carbons (Fsp3) is 0.318. The Labute approximate surface area is 178 Å². The van der Waals surface area contributed by atoms with E-state index in [9.17, 15) is 14.7 Å². The molecule has 2 atom stereocenters. The molecule has 0 spiro atoms. The Morgan fingerprint density at radius 2 is 2.19 bits per heavy atom. The Hall–Kier alpha value is -3.43. The van der Waals surface area contributed by atoms with E-state index in [2.05, 4.69) is 20.6 Å². The van der Waals surface area contributed by atoms with Gasteiger partial charge in [0.05, 0.1) is 11.0 Å². The highest BCUT2D eigenvalue weighted by atomic mass is 16.6. The third-order valence-electron chi connectivity index (χ3n) is 5.99. The van der Waals surface area contributed by atoms with Gasteiger partial charge in [-0.2, -0.15) is 4.98 Å². The number of fused-ring (bicyclic) bond motifs is 2. The van der Waals surface area contributed by atoms with Gasteiger partial charge in [-0.3, -0.25) is 4.79 Å². The van der Waals surface area contributed by atoms with Crippen molar-refractivity contribution in [3.05, 3.63) is 59.2 Å². The summed E-state index contributed by atoms with van der Waals surface area (Å²) in [5.41, 5.74) is 1.13. The topological polar surface area (TPSA) is 120 Å². The Kier molecular flexibility index (Phi) is 4.64. The number of nitrogens with zero attached hydrogens (tertiary/aromatic N) is 2. The van der Waals surface area contributed by atoms with Crippen molar-refractivity contribution in [3.63, 3.8) is 0 Å². The number of benzene rings is 2. The first kappa shape index (κ1) is 19.5. The molecule has 0 aliphatic carbocycles. The summed E-state index contributed by atoms with van der Waals surface area (Å²) in [7, 11) is 1.46. The van der Waals surface area contributed by atoms with Crippen LogP contribution in [0.1, 0.15) is 34.3 Å². The number of H-pyrrole nitrogens is 1. The summed E-state index contributed by atoms with van der Waals surface area (Å²) >= 11 is 0. The molecule has 2 amide bonds. The number of carbonyl (C=O) groups excluding carboxylic acids is 2. The largest absolute Gasteiger partial charge is 0.414 e. The lowest BCUT2D eigenvalue weighted by Crippen LogP contribution is -2.49. The molecule has 0 bridgehead atoms. The Morgan fingerprint density at radius 1 is 1.35 bits per heavy atom. The summed E-state index contributed by atoms with van der Waals surface area (Å²) in [6, 6.07) is 12.5. The van der Waals surface area contributed by atoms with Crippen LogP contribution in [0.3, 0.4) is 0 Å². The molecule has 1 fully saturated rings. The summed E-state index contributed by atoms with van der Waals surface area (Å²) < 4.78 is 5.07. The fourth-order valence-corrected chi connectivity index (χ4v) is 4.46. The van der Waals surface area contributed by atoms with Crippen LogP contribution in [0, 0.1) is 0 Å². The highest BCUT2D eigenvalue weighted by Crippen LogP contribution is 2.43. The van der Waals surface area contributed by atoms with Gasteiger partial charge in [-0.25, -0.2) is 4.79 Å². The van der Waals surface area contributed by atoms with Gasteiger partial charge in [0.15, 0.2) is 5.72 Å². The number of amides is 2. The smallest absolute Gasteiger partial charge is 0.375 e. The van der Waals surface area contributed by atoms with Crippen LogP contribution in [0.15, 0.2) is 42.5 Å². The number of aromatic amines is 1. The quantitative estimate of drug-likeness (QED) is 0.509. The predicted octanol–water partition coefficient (Wildman–Crippen LogP) is 1.68. The van der Waals surface area contributed by atoms with E-state index in [-0.39, 0.29) is 18.0 Å². The van der Waals surface area contributed by atoms with Gasteiger partial charge in [-0.15, -0.1) is 0 Å². The maximum absolute atomic E-state index is 13.2. The molecule has 4 N–H and O–H groups in total. The Morgan fingerprint density at radius 3 is 2.97 bits per heavy atom. The van der Waals surface area contributed by atoms with E-state index in [1.807, 2.05) is 6.07 Å². The van der Waals surface area contributed by atoms with Gasteiger partial charge in [0, 0.05) is 36.3 Å². The van der Waals surface area contributed by atoms with Gasteiger partial charge in [0.2, 0.25) is 0 Å². The van der Waals surface area contributed by atoms with Gasteiger partial charge in [-0.1, -0.05) is 24.3 Å². The minimum Gasteiger partial charge on any atom is -0.375 e. The number of carbonyl (C=O) groups is 2. The molecule has 3 heterocycles. The van der Waals surface area contributed by atoms with Gasteiger partial charge >= 0.3 is 12.1 Å². The molecular weight excluding hydrogens is 398 g/mol. The summed E-state index contributed by atoms with van der Waals surface area (Å²) in [6.07, 6.45) is 1.37. The van der Waals surface area contributed by atoms with E-state index in [4.69, 9.17) is 4.74 Å². The molecule has 5 rings (SSSR count). The van der Waals surface area contributed by atoms with Crippen molar-refractivity contribution >= 4 is 23.0 Å². The zero-order valence-electron chi connectivity index (χ0n) is 17.0. The first-order valence-electron chi connectivity index (χ1n) is 10.3. The molecular formula is C22H23N5O4. The lowest BCUT2D eigenvalue weighted by molar-refractivity contribution is -0.0527. The predicted molar refractivity (Wildman–Crippen MR) is 113 cm³/mol. The molecule has 1 aromatic heterocycles. The zero-order chi connectivity index (χ0) is 21.6. The molecule has 0 saturated carbocycles. The molecule has 3 aromatic rings. The molecule has 160 valence electrons. The van der Waals surface area contributed by atoms with Gasteiger partial charge < -0.3 is 30.4 Å². The van der Waals surface area contributed by atoms with Crippen LogP contribution in [0.25, 0.3) is 11.0 Å². The van der Waals surface area contributed by atoms with Crippen LogP contribution < -0.4 is 15.4 Å². The first-order chi connectivity index (χ1) is 15.0. The van der Waals surface area contributed by atoms with E-state index in [0.717, 1.165) is 19.4 Å². The van der Waals surface area contributed by atoms with Crippen LogP contribution in [0.2, 0.25) is 0 Å². The summed E-state index contributed by atoms with van der Waals surface area (Å²) in [5.74, 6) is -0.194. The summed E-state index contributed by atoms with van der Waals surface area (Å²) in [5, 5.41) is 17.8. The molecule has 0 radical (unpaired) electrons. The highest BCUT2D eigenvalue weighted by Gasteiger charge is 2.50. The second-order valence-electron chi connectivity index (χ2n) is 7.84. The second-order valence-corrected chi connectivity index (χ2v) is 7.84. The van der Waals surface area contributed by atoms with Crippen molar-refractivity contribution in [1.29, 1.82) is 0 Å². The maximum Gasteiger partial charge on any atom is 0.414 e. The summed E-state index contributed by atoms with van der Waals surface area (Å²) in [4.78, 5) is 33.5. The molecule has 1 saturated heterocycles. The highest BCUT2D eigenvalue weighted by molar-refractivity contribution is 6.00. The van der Waals surface area contributed by atoms with Crippen molar-refractivity contribution in [2.75, 3.05) is 20.1 Å². The van der Waals surface area contributed by atoms with Crippen LogP contribution in [-0.2, 0) is 5.72 Å². The van der Waals surface area contributed by atoms with Crippen molar-refractivity contribution < 1.29 is 19.4 Å². The van der Waals surface area contributed by atoms with Crippen LogP contribution >= 0.6 is 0 Å². The van der Waals surface area contributed by atoms with Crippen LogP contribution in [0.4, 0.5) is 4.79 Å². The maximum atomic E-state index is 13.2. The monoisotopic (exact) mass is 421 g/mol. The van der Waals surface area contributed by atoms with E-state index in [1.165, 1.54) is 7.05 Å². The lowest BCUT2D eigenvalue weighted by atomic mass is 9.93. The Balaban J connectivity index is 1.58. The average molecular weight is 421 g/mol. The number of aliphatic hydroxyl groups is 1. The molecule has 2 aliphatic rings. The molecule has 31 heavy (non-hydrogen) atoms. The number of hydrogen-bond donors (Lipinski definition) is 4. The normalized spacial score (nSPS) is 22.7. The number of ether oxygens (including phenoxy) is 1. The average Bonchev–Trinajstić information content (AvgIpc) is 3.49. The molecule has 2 unspecified atom stereocenters. The van der Waals surface area contributed by atoms with Crippen molar-refractivity contribution in [3.8, 4) is 6.01 Å². The minimum atomic E-state index is -1.61. The zero-order valence-corrected chi connectivity index (χ0v) is 17.0. The SMILES string of the molecule is CNC(=O)Oc1nc2ccc(C3(O)c4ccccc4C(=O)N3CC3CCCN3)cc2[nH]1. The number of aromatic nitrogens is 2. The Bertz CT molecular complexity index is 1170. The third-order valence-corrected chi connectivity index (χ3v) is 5.99. The summed E-state index contributed by atoms with van der Waals surface area (Å²) in [6.45, 7) is 1.31. The van der Waals surface area contributed by atoms with Gasteiger partial charge in [-0.05, 0) is 37.6 Å². The second kappa shape index (κ2) is 7.36. The molecule has 9 heteroatoms. The third kappa shape index (κ3) is 3.13. The van der Waals surface area contributed by atoms with E-state index < -0.39 is 11.8 Å². The van der Waals surface area contributed by atoms with E-state index in [1.54, 1.807) is 41.3 Å². The van der Waals surface area contributed by atoms with Crippen molar-refractivity contribution in [1.82, 2.24) is 25.5 Å². The number of rotatable bonds is 4. The first-order valence-corrected chi connectivity index (χ1v) is 10.3. The molecule has 9 nitrogen and oxygen atoms in total. The standard InChI is InChI=1S/C22H23N5O4/c1-23-21(29)31-20-25-17-9-8-13(11-18(17)26-20)22(30)16-7-3-2-6-15(16)19(28)27(22)12-14-5-4-10-24-14/h2-3,6-9,11,14,24,30H,4-5,10,12H2,1H3,(H,23,29)(H,25,26). The van der Waals surface area contributed by atoms with Crippen LogP contribution in [-0.4, -0.2) is 58.2 Å². The molecule has 2 aliphatic heterocycles. The lowest BCUT2D eigenvalue weighted by Gasteiger charge is -2.36. The number of nitrogens with one attached hydrogen (secondary N) is 3. The number of hydrogen-bond acceptors (Lipinski definition) is 6. The van der Waals surface area contributed by atoms with Crippen molar-refractivity contribution in [2.45, 2.75) is 24.6 Å². The number of imidazole rings is 1. The van der Waals surface area contributed by atoms with Gasteiger partial charge in [0.25, 0.3) is 5.91 Å².